The molecule has 0 amide bonds. The summed E-state index contributed by atoms with van der Waals surface area (Å²) in [5.41, 5.74) is 2.28. The third-order valence-electron chi connectivity index (χ3n) is 3.97. The van der Waals surface area contributed by atoms with Crippen molar-refractivity contribution >= 4 is 16.7 Å². The summed E-state index contributed by atoms with van der Waals surface area (Å²) in [6.07, 6.45) is 5.14. The predicted octanol–water partition coefficient (Wildman–Crippen LogP) is 2.66. The molecule has 5 nitrogen and oxygen atoms in total. The lowest BCUT2D eigenvalue weighted by Gasteiger charge is -2.25. The van der Waals surface area contributed by atoms with Crippen molar-refractivity contribution in [2.45, 2.75) is 25.9 Å². The zero-order chi connectivity index (χ0) is 13.5. The fourth-order valence-electron chi connectivity index (χ4n) is 2.93. The SMILES string of the molecule is CCn1cc(C2CCNc3c4ccccc4nn32)cn1. The van der Waals surface area contributed by atoms with Gasteiger partial charge in [-0.1, -0.05) is 12.1 Å². The van der Waals surface area contributed by atoms with Crippen LogP contribution in [-0.2, 0) is 6.54 Å². The number of anilines is 1. The van der Waals surface area contributed by atoms with Crippen LogP contribution in [0.2, 0.25) is 0 Å². The van der Waals surface area contributed by atoms with Crippen LogP contribution in [0.1, 0.15) is 24.9 Å². The van der Waals surface area contributed by atoms with Crippen molar-refractivity contribution in [1.29, 1.82) is 0 Å². The lowest BCUT2D eigenvalue weighted by molar-refractivity contribution is 0.485. The number of hydrogen-bond acceptors (Lipinski definition) is 3. The third kappa shape index (κ3) is 1.62. The number of aryl methyl sites for hydroxylation is 1. The minimum Gasteiger partial charge on any atom is -0.370 e. The first-order valence-electron chi connectivity index (χ1n) is 7.10. The second-order valence-electron chi connectivity index (χ2n) is 5.17. The molecule has 0 radical (unpaired) electrons. The van der Waals surface area contributed by atoms with Crippen molar-refractivity contribution in [3.63, 3.8) is 0 Å². The van der Waals surface area contributed by atoms with Gasteiger partial charge in [0.15, 0.2) is 0 Å². The topological polar surface area (TPSA) is 47.7 Å². The molecule has 0 saturated carbocycles. The Labute approximate surface area is 117 Å². The highest BCUT2D eigenvalue weighted by Crippen LogP contribution is 2.33. The van der Waals surface area contributed by atoms with Crippen LogP contribution in [-0.4, -0.2) is 26.1 Å². The van der Waals surface area contributed by atoms with E-state index in [0.717, 1.165) is 30.8 Å². The van der Waals surface area contributed by atoms with E-state index in [0.29, 0.717) is 0 Å². The van der Waals surface area contributed by atoms with E-state index in [1.165, 1.54) is 10.9 Å². The van der Waals surface area contributed by atoms with Gasteiger partial charge < -0.3 is 5.32 Å². The van der Waals surface area contributed by atoms with E-state index >= 15 is 0 Å². The number of rotatable bonds is 2. The van der Waals surface area contributed by atoms with Gasteiger partial charge in [-0.2, -0.15) is 10.2 Å². The molecule has 3 heterocycles. The maximum atomic E-state index is 4.76. The number of fused-ring (bicyclic) bond motifs is 3. The minimum atomic E-state index is 0.277. The molecule has 1 aliphatic heterocycles. The highest BCUT2D eigenvalue weighted by Gasteiger charge is 2.25. The molecule has 0 spiro atoms. The van der Waals surface area contributed by atoms with Gasteiger partial charge in [-0.25, -0.2) is 4.68 Å². The van der Waals surface area contributed by atoms with Crippen molar-refractivity contribution < 1.29 is 0 Å². The summed E-state index contributed by atoms with van der Waals surface area (Å²) >= 11 is 0. The highest BCUT2D eigenvalue weighted by molar-refractivity contribution is 5.90. The van der Waals surface area contributed by atoms with Crippen LogP contribution in [0.3, 0.4) is 0 Å². The molecule has 20 heavy (non-hydrogen) atoms. The summed E-state index contributed by atoms with van der Waals surface area (Å²) in [7, 11) is 0. The number of benzene rings is 1. The largest absolute Gasteiger partial charge is 0.370 e. The van der Waals surface area contributed by atoms with Gasteiger partial charge in [-0.05, 0) is 25.5 Å². The Kier molecular flexibility index (Phi) is 2.52. The summed E-state index contributed by atoms with van der Waals surface area (Å²) in [6, 6.07) is 8.56. The molecule has 1 atom stereocenters. The molecule has 4 rings (SSSR count). The quantitative estimate of drug-likeness (QED) is 0.776. The summed E-state index contributed by atoms with van der Waals surface area (Å²) in [6.45, 7) is 3.98. The maximum absolute atomic E-state index is 4.76. The Balaban J connectivity index is 1.85. The Morgan fingerprint density at radius 3 is 3.10 bits per heavy atom. The second-order valence-corrected chi connectivity index (χ2v) is 5.17. The molecule has 0 aliphatic carbocycles. The van der Waals surface area contributed by atoms with E-state index in [-0.39, 0.29) is 6.04 Å². The smallest absolute Gasteiger partial charge is 0.132 e. The van der Waals surface area contributed by atoms with Gasteiger partial charge in [0, 0.05) is 30.2 Å². The zero-order valence-electron chi connectivity index (χ0n) is 11.5. The molecule has 1 aliphatic rings. The van der Waals surface area contributed by atoms with Crippen LogP contribution < -0.4 is 5.32 Å². The van der Waals surface area contributed by atoms with Gasteiger partial charge in [0.1, 0.15) is 5.82 Å². The Hall–Kier alpha value is -2.30. The number of aromatic nitrogens is 4. The molecule has 1 unspecified atom stereocenters. The van der Waals surface area contributed by atoms with E-state index < -0.39 is 0 Å². The second kappa shape index (κ2) is 4.37. The average molecular weight is 267 g/mol. The Morgan fingerprint density at radius 1 is 1.35 bits per heavy atom. The summed E-state index contributed by atoms with van der Waals surface area (Å²) in [5, 5.41) is 13.8. The molecule has 102 valence electrons. The first kappa shape index (κ1) is 11.5. The highest BCUT2D eigenvalue weighted by atomic mass is 15.4. The fourth-order valence-corrected chi connectivity index (χ4v) is 2.93. The number of hydrogen-bond donors (Lipinski definition) is 1. The van der Waals surface area contributed by atoms with Gasteiger partial charge in [-0.15, -0.1) is 0 Å². The Morgan fingerprint density at radius 2 is 2.25 bits per heavy atom. The van der Waals surface area contributed by atoms with Crippen LogP contribution in [0.15, 0.2) is 36.7 Å². The van der Waals surface area contributed by atoms with Crippen LogP contribution in [0, 0.1) is 0 Å². The van der Waals surface area contributed by atoms with Crippen LogP contribution in [0.4, 0.5) is 5.82 Å². The molecular weight excluding hydrogens is 250 g/mol. The van der Waals surface area contributed by atoms with Crippen LogP contribution in [0.5, 0.6) is 0 Å². The summed E-state index contributed by atoms with van der Waals surface area (Å²) in [4.78, 5) is 0. The maximum Gasteiger partial charge on any atom is 0.132 e. The van der Waals surface area contributed by atoms with E-state index in [1.807, 2.05) is 16.9 Å². The van der Waals surface area contributed by atoms with Gasteiger partial charge in [0.25, 0.3) is 0 Å². The molecule has 1 N–H and O–H groups in total. The first-order chi connectivity index (χ1) is 9.86. The van der Waals surface area contributed by atoms with Crippen molar-refractivity contribution in [2.24, 2.45) is 0 Å². The lowest BCUT2D eigenvalue weighted by Crippen LogP contribution is -2.24. The van der Waals surface area contributed by atoms with Crippen LogP contribution in [0.25, 0.3) is 10.9 Å². The van der Waals surface area contributed by atoms with Crippen molar-refractivity contribution in [3.8, 4) is 0 Å². The molecule has 2 aromatic heterocycles. The van der Waals surface area contributed by atoms with Crippen molar-refractivity contribution in [1.82, 2.24) is 19.6 Å². The van der Waals surface area contributed by atoms with Crippen molar-refractivity contribution in [2.75, 3.05) is 11.9 Å². The fraction of sp³-hybridized carbons (Fsp3) is 0.333. The zero-order valence-corrected chi connectivity index (χ0v) is 11.5. The number of nitrogens with one attached hydrogen (secondary N) is 1. The molecule has 3 aromatic rings. The molecule has 0 bridgehead atoms. The minimum absolute atomic E-state index is 0.277. The first-order valence-corrected chi connectivity index (χ1v) is 7.10. The van der Waals surface area contributed by atoms with Gasteiger partial charge in [0.2, 0.25) is 0 Å². The molecule has 5 heteroatoms. The van der Waals surface area contributed by atoms with Gasteiger partial charge in [-0.3, -0.25) is 4.68 Å². The predicted molar refractivity (Wildman–Crippen MR) is 78.9 cm³/mol. The summed E-state index contributed by atoms with van der Waals surface area (Å²) < 4.78 is 4.09. The van der Waals surface area contributed by atoms with E-state index in [2.05, 4.69) is 46.4 Å². The Bertz CT molecular complexity index is 755. The summed E-state index contributed by atoms with van der Waals surface area (Å²) in [5.74, 6) is 1.13. The monoisotopic (exact) mass is 267 g/mol. The molecule has 0 saturated heterocycles. The van der Waals surface area contributed by atoms with Gasteiger partial charge in [0.05, 0.1) is 17.8 Å². The van der Waals surface area contributed by atoms with Crippen molar-refractivity contribution in [3.05, 3.63) is 42.2 Å². The van der Waals surface area contributed by atoms with E-state index in [1.54, 1.807) is 0 Å². The number of nitrogens with zero attached hydrogens (tertiary/aromatic N) is 4. The molecular formula is C15H17N5. The molecule has 1 aromatic carbocycles. The van der Waals surface area contributed by atoms with E-state index in [4.69, 9.17) is 5.10 Å². The molecule has 0 fully saturated rings. The van der Waals surface area contributed by atoms with Crippen LogP contribution >= 0.6 is 0 Å². The normalized spacial score (nSPS) is 17.9. The standard InChI is InChI=1S/C15H17N5/c1-2-19-10-11(9-17-19)14-7-8-16-15-12-5-3-4-6-13(12)18-20(14)15/h3-6,9-10,14,16H,2,7-8H2,1H3. The van der Waals surface area contributed by atoms with E-state index in [9.17, 15) is 0 Å². The third-order valence-corrected chi connectivity index (χ3v) is 3.97. The lowest BCUT2D eigenvalue weighted by atomic mass is 10.1. The van der Waals surface area contributed by atoms with Gasteiger partial charge >= 0.3 is 0 Å². The average Bonchev–Trinajstić information content (AvgIpc) is 3.11.